The van der Waals surface area contributed by atoms with E-state index in [1.54, 1.807) is 11.8 Å². The smallest absolute Gasteiger partial charge is 0.343 e. The Bertz CT molecular complexity index is 2960. The maximum absolute atomic E-state index is 15.7. The summed E-state index contributed by atoms with van der Waals surface area (Å²) < 4.78 is 41.5. The van der Waals surface area contributed by atoms with E-state index in [-0.39, 0.29) is 102 Å². The Balaban J connectivity index is 1.16. The van der Waals surface area contributed by atoms with Gasteiger partial charge in [0.2, 0.25) is 70.9 Å². The lowest BCUT2D eigenvalue weighted by Crippen LogP contribution is -2.65. The molecule has 568 valence electrons. The van der Waals surface area contributed by atoms with E-state index in [0.29, 0.717) is 64.5 Å². The molecule has 28 heteroatoms. The normalized spacial score (nSPS) is 31.0. The summed E-state index contributed by atoms with van der Waals surface area (Å²) in [6.07, 6.45) is 7.65. The Morgan fingerprint density at radius 3 is 1.81 bits per heavy atom. The predicted molar refractivity (Wildman–Crippen MR) is 371 cm³/mol. The molecular formula is C73H118F3N13O12. The quantitative estimate of drug-likeness (QED) is 0.213. The van der Waals surface area contributed by atoms with Crippen LogP contribution in [0.25, 0.3) is 0 Å². The van der Waals surface area contributed by atoms with Crippen LogP contribution in [0.3, 0.4) is 0 Å². The molecule has 101 heavy (non-hydrogen) atoms. The molecule has 25 nitrogen and oxygen atoms in total. The SMILES string of the molecule is CC[C@H](C)[C@@H]1NC(=O)[C@H](CC(C)C)N(C)C(=O)C[C@@H](C(=O)N2CCCCC2)N(C)C(=O)[C@H](C2CCCC2)N(C)C(=O)C2(CCCC2)NC(=O)[C@@H]2CCCN2C(=O)[C@H](CCC2CCC(C(F)(F)F)CN2)NC(=O)CN(C)C(=O)[C@H](CC2CCCCC2)N(C)C(=O)[C@@H]2CCN2C(=O)[C@H](C)N(C)C1=O. The zero-order valence-electron chi connectivity index (χ0n) is 62.1. The van der Waals surface area contributed by atoms with Crippen molar-refractivity contribution < 1.29 is 70.7 Å². The zero-order chi connectivity index (χ0) is 73.9. The number of amides is 12. The molecule has 0 radical (unpaired) electrons. The first-order chi connectivity index (χ1) is 47.8. The van der Waals surface area contributed by atoms with E-state index in [1.807, 2.05) is 20.8 Å². The van der Waals surface area contributed by atoms with Crippen LogP contribution >= 0.6 is 0 Å². The number of nitrogens with zero attached hydrogens (tertiary/aromatic N) is 9. The first-order valence-corrected chi connectivity index (χ1v) is 38.0. The van der Waals surface area contributed by atoms with Crippen molar-refractivity contribution in [1.29, 1.82) is 0 Å². The molecule has 1 spiro atoms. The van der Waals surface area contributed by atoms with Gasteiger partial charge >= 0.3 is 6.18 Å². The number of likely N-dealkylation sites (tertiary alicyclic amines) is 1. The molecular weight excluding hydrogens is 1310 g/mol. The van der Waals surface area contributed by atoms with Crippen molar-refractivity contribution in [3.63, 3.8) is 0 Å². The van der Waals surface area contributed by atoms with Gasteiger partial charge in [-0.15, -0.1) is 0 Å². The van der Waals surface area contributed by atoms with Gasteiger partial charge in [0.25, 0.3) is 0 Å². The fourth-order valence-electron chi connectivity index (χ4n) is 17.1. The summed E-state index contributed by atoms with van der Waals surface area (Å²) >= 11 is 0. The molecule has 12 amide bonds. The van der Waals surface area contributed by atoms with Crippen molar-refractivity contribution in [2.45, 2.75) is 280 Å². The summed E-state index contributed by atoms with van der Waals surface area (Å²) in [6, 6.07) is -11.1. The average molecular weight is 1430 g/mol. The summed E-state index contributed by atoms with van der Waals surface area (Å²) in [6.45, 7) is 9.08. The number of hydrogen-bond donors (Lipinski definition) is 4. The molecule has 0 aromatic rings. The molecule has 8 rings (SSSR count). The van der Waals surface area contributed by atoms with Gasteiger partial charge in [0.15, 0.2) is 0 Å². The second kappa shape index (κ2) is 35.2. The number of rotatable bonds is 11. The summed E-state index contributed by atoms with van der Waals surface area (Å²) in [7, 11) is 8.84. The second-order valence-electron chi connectivity index (χ2n) is 31.4. The molecule has 5 saturated heterocycles. The van der Waals surface area contributed by atoms with Gasteiger partial charge in [0, 0.05) is 81.1 Å². The van der Waals surface area contributed by atoms with Gasteiger partial charge in [-0.2, -0.15) is 13.2 Å². The number of likely N-dealkylation sites (N-methyl/N-ethyl adjacent to an activating group) is 6. The third kappa shape index (κ3) is 19.0. The van der Waals surface area contributed by atoms with Gasteiger partial charge < -0.3 is 65.4 Å². The number of nitrogens with one attached hydrogen (secondary N) is 4. The predicted octanol–water partition coefficient (Wildman–Crippen LogP) is 4.97. The lowest BCUT2D eigenvalue weighted by Gasteiger charge is -2.45. The van der Waals surface area contributed by atoms with Crippen LogP contribution in [0, 0.1) is 29.6 Å². The van der Waals surface area contributed by atoms with E-state index in [4.69, 9.17) is 0 Å². The highest BCUT2D eigenvalue weighted by atomic mass is 19.4. The molecule has 12 atom stereocenters. The Labute approximate surface area is 595 Å². The first kappa shape index (κ1) is 80.1. The highest BCUT2D eigenvalue weighted by Gasteiger charge is 2.53. The van der Waals surface area contributed by atoms with Gasteiger partial charge in [-0.1, -0.05) is 91.9 Å². The van der Waals surface area contributed by atoms with Gasteiger partial charge in [0.05, 0.1) is 18.9 Å². The van der Waals surface area contributed by atoms with Crippen molar-refractivity contribution in [3.05, 3.63) is 0 Å². The maximum Gasteiger partial charge on any atom is 0.393 e. The van der Waals surface area contributed by atoms with Crippen LogP contribution in [-0.4, -0.2) is 269 Å². The van der Waals surface area contributed by atoms with E-state index in [1.165, 1.54) is 88.4 Å². The number of halogens is 3. The van der Waals surface area contributed by atoms with Crippen LogP contribution in [0.5, 0.6) is 0 Å². The van der Waals surface area contributed by atoms with Crippen LogP contribution in [0.4, 0.5) is 13.2 Å². The largest absolute Gasteiger partial charge is 0.393 e. The van der Waals surface area contributed by atoms with E-state index < -0.39 is 168 Å². The van der Waals surface area contributed by atoms with Crippen LogP contribution in [0.2, 0.25) is 0 Å². The molecule has 3 saturated carbocycles. The van der Waals surface area contributed by atoms with Crippen molar-refractivity contribution in [3.8, 4) is 0 Å². The molecule has 8 fully saturated rings. The topological polar surface area (TPSA) is 282 Å². The summed E-state index contributed by atoms with van der Waals surface area (Å²) in [5, 5.41) is 11.9. The van der Waals surface area contributed by atoms with Gasteiger partial charge in [-0.05, 0) is 133 Å². The summed E-state index contributed by atoms with van der Waals surface area (Å²) in [5.74, 6) is -9.65. The van der Waals surface area contributed by atoms with Crippen molar-refractivity contribution >= 4 is 70.9 Å². The Hall–Kier alpha value is -6.61. The fraction of sp³-hybridized carbons (Fsp3) is 0.836. The highest BCUT2D eigenvalue weighted by molar-refractivity contribution is 6.01. The fourth-order valence-corrected chi connectivity index (χ4v) is 17.1. The minimum absolute atomic E-state index is 0.0442. The molecule has 0 aromatic carbocycles. The lowest BCUT2D eigenvalue weighted by molar-refractivity contribution is -0.179. The molecule has 0 aromatic heterocycles. The van der Waals surface area contributed by atoms with E-state index in [2.05, 4.69) is 21.3 Å². The third-order valence-electron chi connectivity index (χ3n) is 24.1. The van der Waals surface area contributed by atoms with Crippen LogP contribution < -0.4 is 21.3 Å². The number of fused-ring (bicyclic) bond motifs is 2. The van der Waals surface area contributed by atoms with Gasteiger partial charge in [0.1, 0.15) is 59.9 Å². The number of carbonyl (C=O) groups excluding carboxylic acids is 12. The Morgan fingerprint density at radius 1 is 0.584 bits per heavy atom. The molecule has 5 heterocycles. The molecule has 4 N–H and O–H groups in total. The molecule has 2 unspecified atom stereocenters. The van der Waals surface area contributed by atoms with Crippen molar-refractivity contribution in [1.82, 2.24) is 65.4 Å². The van der Waals surface area contributed by atoms with E-state index in [0.717, 1.165) is 51.4 Å². The van der Waals surface area contributed by atoms with Gasteiger partial charge in [-0.3, -0.25) is 57.5 Å². The van der Waals surface area contributed by atoms with Gasteiger partial charge in [-0.25, -0.2) is 0 Å². The molecule has 5 aliphatic heterocycles. The Morgan fingerprint density at radius 2 is 1.22 bits per heavy atom. The van der Waals surface area contributed by atoms with Crippen molar-refractivity contribution in [2.75, 3.05) is 81.6 Å². The number of hydrogen-bond acceptors (Lipinski definition) is 13. The minimum atomic E-state index is -4.41. The average Bonchev–Trinajstić information content (AvgIpc) is 1.75. The molecule has 3 aliphatic carbocycles. The van der Waals surface area contributed by atoms with Crippen LogP contribution in [0.1, 0.15) is 208 Å². The summed E-state index contributed by atoms with van der Waals surface area (Å²) in [4.78, 5) is 193. The van der Waals surface area contributed by atoms with E-state index >= 15 is 33.6 Å². The highest BCUT2D eigenvalue weighted by Crippen LogP contribution is 2.39. The second-order valence-corrected chi connectivity index (χ2v) is 31.4. The van der Waals surface area contributed by atoms with Crippen LogP contribution in [-0.2, 0) is 57.5 Å². The molecule has 8 aliphatic rings. The number of alkyl halides is 3. The minimum Gasteiger partial charge on any atom is -0.343 e. The summed E-state index contributed by atoms with van der Waals surface area (Å²) in [5.41, 5.74) is -1.54. The molecule has 0 bridgehead atoms. The maximum atomic E-state index is 15.7. The number of carbonyl (C=O) groups is 12. The number of piperidine rings is 2. The standard InChI is InChI=1S/C73H118F3N13O12/c1-12-46(4)60-69(99)82(7)47(5)64(94)89-39-33-54(89)67(97)84(9)56(41-48-24-15-13-16-25-48)66(96)81(6)44-58(90)78-52(32-31-51-30-29-50(43-77-51)73(74,75)76)65(95)88-38-23-28-53(88)63(93)80-72(34-19-20-35-72)71(101)86(11)61(49-26-17-18-27-49)70(100)85(10)57(68(98)87-36-21-14-22-37-87)42-59(91)83(8)55(40-45(2)3)62(92)79-60/h45-57,60-61,77H,12-44H2,1-11H3,(H,78,90)(H,79,92)(H,80,93)/t46-,47-,50?,51?,52-,53-,54-,55-,56-,57-,60-,61-/m0/s1. The monoisotopic (exact) mass is 1430 g/mol. The van der Waals surface area contributed by atoms with Crippen LogP contribution in [0.15, 0.2) is 0 Å². The zero-order valence-corrected chi connectivity index (χ0v) is 62.1. The van der Waals surface area contributed by atoms with Crippen molar-refractivity contribution in [2.24, 2.45) is 29.6 Å². The lowest BCUT2D eigenvalue weighted by atomic mass is 9.84. The Kier molecular flexibility index (Phi) is 27.9. The third-order valence-corrected chi connectivity index (χ3v) is 24.1. The van der Waals surface area contributed by atoms with E-state index in [9.17, 15) is 37.1 Å². The first-order valence-electron chi connectivity index (χ1n) is 38.0.